The predicted octanol–water partition coefficient (Wildman–Crippen LogP) is 4.52. The summed E-state index contributed by atoms with van der Waals surface area (Å²) in [6.45, 7) is 6.29. The smallest absolute Gasteiger partial charge is 0.272 e. The van der Waals surface area contributed by atoms with Crippen LogP contribution in [0.2, 0.25) is 0 Å². The highest BCUT2D eigenvalue weighted by Crippen LogP contribution is 2.38. The molecule has 0 aromatic heterocycles. The number of aliphatic hydroxyl groups is 1. The fraction of sp³-hybridized carbons (Fsp3) is 0.450. The number of Topliss-reactive ketones (excluding diaryl/α,β-unsaturated/α-hetero) is 1. The minimum atomic E-state index is -1.81. The van der Waals surface area contributed by atoms with Crippen LogP contribution < -0.4 is 4.74 Å². The number of rotatable bonds is 7. The molecule has 0 bridgehead atoms. The number of ketones is 1. The van der Waals surface area contributed by atoms with Gasteiger partial charge in [0.1, 0.15) is 11.5 Å². The Morgan fingerprint density at radius 1 is 1.21 bits per heavy atom. The summed E-state index contributed by atoms with van der Waals surface area (Å²) in [7, 11) is 0. The van der Waals surface area contributed by atoms with E-state index in [1.807, 2.05) is 0 Å². The van der Waals surface area contributed by atoms with Crippen LogP contribution in [0.3, 0.4) is 0 Å². The number of unbranched alkanes of at least 4 members (excludes halogenated alkanes) is 1. The van der Waals surface area contributed by atoms with Crippen molar-refractivity contribution in [2.24, 2.45) is 0 Å². The molecule has 1 unspecified atom stereocenters. The van der Waals surface area contributed by atoms with E-state index < -0.39 is 11.6 Å². The molecular formula is C20H26O4. The molecule has 4 nitrogen and oxygen atoms in total. The van der Waals surface area contributed by atoms with Crippen molar-refractivity contribution in [2.45, 2.75) is 58.7 Å². The lowest BCUT2D eigenvalue weighted by atomic mass is 10.00. The molecule has 2 rings (SSSR count). The minimum Gasteiger partial charge on any atom is -0.508 e. The first-order chi connectivity index (χ1) is 11.3. The van der Waals surface area contributed by atoms with E-state index in [0.29, 0.717) is 12.2 Å². The van der Waals surface area contributed by atoms with Crippen LogP contribution in [0.4, 0.5) is 0 Å². The van der Waals surface area contributed by atoms with E-state index in [1.54, 1.807) is 0 Å². The van der Waals surface area contributed by atoms with Crippen molar-refractivity contribution in [3.05, 3.63) is 47.1 Å². The van der Waals surface area contributed by atoms with Crippen molar-refractivity contribution in [1.29, 1.82) is 0 Å². The lowest BCUT2D eigenvalue weighted by molar-refractivity contribution is -0.0957. The molecular weight excluding hydrogens is 304 g/mol. The molecule has 0 saturated carbocycles. The van der Waals surface area contributed by atoms with E-state index in [2.05, 4.69) is 32.9 Å². The van der Waals surface area contributed by atoms with Gasteiger partial charge in [-0.3, -0.25) is 4.79 Å². The predicted molar refractivity (Wildman–Crippen MR) is 94.3 cm³/mol. The third-order valence-corrected chi connectivity index (χ3v) is 4.15. The number of allylic oxidation sites excluding steroid dienone is 4. The van der Waals surface area contributed by atoms with E-state index in [-0.39, 0.29) is 17.7 Å². The SMILES string of the molecule is CC(C)=CCCC(C)=CCCCC1(O)Oc2ccc(O)cc2C1=O. The number of phenols is 1. The number of carbonyl (C=O) groups excluding carboxylic acids is 1. The lowest BCUT2D eigenvalue weighted by Gasteiger charge is -2.20. The number of hydrogen-bond donors (Lipinski definition) is 2. The fourth-order valence-corrected chi connectivity index (χ4v) is 2.77. The van der Waals surface area contributed by atoms with Crippen LogP contribution in [-0.4, -0.2) is 21.8 Å². The Morgan fingerprint density at radius 2 is 1.96 bits per heavy atom. The van der Waals surface area contributed by atoms with E-state index in [9.17, 15) is 15.0 Å². The first-order valence-corrected chi connectivity index (χ1v) is 8.40. The van der Waals surface area contributed by atoms with E-state index >= 15 is 0 Å². The first kappa shape index (κ1) is 18.3. The molecule has 0 aliphatic carbocycles. The van der Waals surface area contributed by atoms with Gasteiger partial charge in [-0.15, -0.1) is 0 Å². The van der Waals surface area contributed by atoms with Crippen molar-refractivity contribution in [3.8, 4) is 11.5 Å². The van der Waals surface area contributed by atoms with Crippen LogP contribution in [0.25, 0.3) is 0 Å². The summed E-state index contributed by atoms with van der Waals surface area (Å²) in [4.78, 5) is 12.3. The number of aromatic hydroxyl groups is 1. The summed E-state index contributed by atoms with van der Waals surface area (Å²) in [6, 6.07) is 4.28. The Hall–Kier alpha value is -2.07. The minimum absolute atomic E-state index is 0.00938. The second-order valence-corrected chi connectivity index (χ2v) is 6.66. The van der Waals surface area contributed by atoms with Crippen LogP contribution in [0.15, 0.2) is 41.5 Å². The van der Waals surface area contributed by atoms with E-state index in [4.69, 9.17) is 4.74 Å². The van der Waals surface area contributed by atoms with Crippen molar-refractivity contribution in [2.75, 3.05) is 0 Å². The monoisotopic (exact) mass is 330 g/mol. The van der Waals surface area contributed by atoms with Crippen LogP contribution >= 0.6 is 0 Å². The largest absolute Gasteiger partial charge is 0.508 e. The van der Waals surface area contributed by atoms with Crippen molar-refractivity contribution in [1.82, 2.24) is 0 Å². The summed E-state index contributed by atoms with van der Waals surface area (Å²) >= 11 is 0. The van der Waals surface area contributed by atoms with Gasteiger partial charge < -0.3 is 14.9 Å². The molecule has 1 aromatic carbocycles. The summed E-state index contributed by atoms with van der Waals surface area (Å²) < 4.78 is 5.43. The van der Waals surface area contributed by atoms with Gasteiger partial charge in [0.25, 0.3) is 5.79 Å². The Labute approximate surface area is 143 Å². The molecule has 0 fully saturated rings. The van der Waals surface area contributed by atoms with Gasteiger partial charge in [-0.1, -0.05) is 23.3 Å². The highest BCUT2D eigenvalue weighted by atomic mass is 16.6. The number of ether oxygens (including phenoxy) is 1. The maximum atomic E-state index is 12.3. The molecule has 0 spiro atoms. The van der Waals surface area contributed by atoms with Gasteiger partial charge in [0.2, 0.25) is 5.78 Å². The zero-order chi connectivity index (χ0) is 17.7. The Balaban J connectivity index is 1.85. The maximum absolute atomic E-state index is 12.3. The van der Waals surface area contributed by atoms with Crippen molar-refractivity contribution >= 4 is 5.78 Å². The zero-order valence-electron chi connectivity index (χ0n) is 14.6. The molecule has 24 heavy (non-hydrogen) atoms. The van der Waals surface area contributed by atoms with E-state index in [1.165, 1.54) is 29.3 Å². The Kier molecular flexibility index (Phi) is 5.84. The van der Waals surface area contributed by atoms with Gasteiger partial charge >= 0.3 is 0 Å². The number of fused-ring (bicyclic) bond motifs is 1. The molecule has 130 valence electrons. The quantitative estimate of drug-likeness (QED) is 0.570. The van der Waals surface area contributed by atoms with Crippen LogP contribution in [0.1, 0.15) is 63.2 Å². The topological polar surface area (TPSA) is 66.8 Å². The maximum Gasteiger partial charge on any atom is 0.272 e. The molecule has 0 radical (unpaired) electrons. The number of carbonyl (C=O) groups is 1. The van der Waals surface area contributed by atoms with Crippen LogP contribution in [0, 0.1) is 0 Å². The summed E-state index contributed by atoms with van der Waals surface area (Å²) in [6.07, 6.45) is 8.12. The van der Waals surface area contributed by atoms with Crippen LogP contribution in [0.5, 0.6) is 11.5 Å². The van der Waals surface area contributed by atoms with Gasteiger partial charge in [0.05, 0.1) is 5.56 Å². The second kappa shape index (κ2) is 7.67. The van der Waals surface area contributed by atoms with Gasteiger partial charge in [-0.25, -0.2) is 0 Å². The average Bonchev–Trinajstić information content (AvgIpc) is 2.76. The Morgan fingerprint density at radius 3 is 2.67 bits per heavy atom. The summed E-state index contributed by atoms with van der Waals surface area (Å²) in [5, 5.41) is 19.9. The molecule has 1 heterocycles. The third kappa shape index (κ3) is 4.48. The van der Waals surface area contributed by atoms with Crippen molar-refractivity contribution in [3.63, 3.8) is 0 Å². The standard InChI is InChI=1S/C20H26O4/c1-14(2)7-6-9-15(3)8-4-5-12-20(23)19(22)17-13-16(21)10-11-18(17)24-20/h7-8,10-11,13,21,23H,4-6,9,12H2,1-3H3. The fourth-order valence-electron chi connectivity index (χ4n) is 2.77. The molecule has 1 aliphatic rings. The normalized spacial score (nSPS) is 19.8. The van der Waals surface area contributed by atoms with Gasteiger partial charge in [-0.05, 0) is 64.7 Å². The zero-order valence-corrected chi connectivity index (χ0v) is 14.6. The highest BCUT2D eigenvalue weighted by Gasteiger charge is 2.46. The molecule has 1 atom stereocenters. The molecule has 0 amide bonds. The molecule has 0 saturated heterocycles. The number of hydrogen-bond acceptors (Lipinski definition) is 4. The third-order valence-electron chi connectivity index (χ3n) is 4.15. The van der Waals surface area contributed by atoms with Gasteiger partial charge in [0, 0.05) is 6.42 Å². The first-order valence-electron chi connectivity index (χ1n) is 8.40. The van der Waals surface area contributed by atoms with Gasteiger partial charge in [-0.2, -0.15) is 0 Å². The highest BCUT2D eigenvalue weighted by molar-refractivity contribution is 6.06. The van der Waals surface area contributed by atoms with Crippen molar-refractivity contribution < 1.29 is 19.7 Å². The lowest BCUT2D eigenvalue weighted by Crippen LogP contribution is -2.39. The van der Waals surface area contributed by atoms with Crippen LogP contribution in [-0.2, 0) is 0 Å². The molecule has 1 aromatic rings. The average molecular weight is 330 g/mol. The summed E-state index contributed by atoms with van der Waals surface area (Å²) in [5.41, 5.74) is 2.88. The molecule has 2 N–H and O–H groups in total. The van der Waals surface area contributed by atoms with E-state index in [0.717, 1.165) is 19.3 Å². The second-order valence-electron chi connectivity index (χ2n) is 6.66. The Bertz CT molecular complexity index is 668. The molecule has 4 heteroatoms. The van der Waals surface area contributed by atoms with Gasteiger partial charge in [0.15, 0.2) is 0 Å². The summed E-state index contributed by atoms with van der Waals surface area (Å²) in [5.74, 6) is -1.96. The number of benzene rings is 1. The molecule has 1 aliphatic heterocycles. The number of phenolic OH excluding ortho intramolecular Hbond substituents is 1.